The van der Waals surface area contributed by atoms with Crippen molar-refractivity contribution in [3.63, 3.8) is 0 Å². The number of amides is 2. The predicted molar refractivity (Wildman–Crippen MR) is 143 cm³/mol. The summed E-state index contributed by atoms with van der Waals surface area (Å²) in [5.41, 5.74) is 2.19. The van der Waals surface area contributed by atoms with Crippen molar-refractivity contribution in [3.05, 3.63) is 108 Å². The average Bonchev–Trinajstić information content (AvgIpc) is 2.89. The maximum Gasteiger partial charge on any atom is 0.247 e. The fraction of sp³-hybridized carbons (Fsp3) is 0.286. The number of hydrogen-bond donors (Lipinski definition) is 1. The van der Waals surface area contributed by atoms with E-state index in [9.17, 15) is 18.0 Å². The van der Waals surface area contributed by atoms with Crippen molar-refractivity contribution in [2.75, 3.05) is 33.1 Å². The molecular formula is C28H33N3O5S. The van der Waals surface area contributed by atoms with Gasteiger partial charge < -0.3 is 15.0 Å². The Kier molecular flexibility index (Phi) is 10.4. The van der Waals surface area contributed by atoms with E-state index in [-0.39, 0.29) is 25.5 Å². The van der Waals surface area contributed by atoms with Crippen molar-refractivity contribution in [2.45, 2.75) is 19.1 Å². The lowest BCUT2D eigenvalue weighted by Gasteiger charge is -2.33. The lowest BCUT2D eigenvalue weighted by atomic mass is 10.0. The van der Waals surface area contributed by atoms with E-state index in [0.29, 0.717) is 12.2 Å². The molecule has 196 valence electrons. The predicted octanol–water partition coefficient (Wildman–Crippen LogP) is 2.98. The topological polar surface area (TPSA) is 96.0 Å². The van der Waals surface area contributed by atoms with Crippen LogP contribution in [0.5, 0.6) is 0 Å². The molecule has 1 atom stereocenters. The maximum absolute atomic E-state index is 13.9. The van der Waals surface area contributed by atoms with E-state index in [1.165, 1.54) is 4.90 Å². The van der Waals surface area contributed by atoms with Crippen molar-refractivity contribution < 1.29 is 22.7 Å². The Morgan fingerprint density at radius 1 is 0.838 bits per heavy atom. The molecule has 37 heavy (non-hydrogen) atoms. The number of rotatable bonds is 13. The van der Waals surface area contributed by atoms with Crippen molar-refractivity contribution in [1.82, 2.24) is 14.5 Å². The van der Waals surface area contributed by atoms with E-state index in [4.69, 9.17) is 4.74 Å². The second kappa shape index (κ2) is 13.7. The lowest BCUT2D eigenvalue weighted by molar-refractivity contribution is -0.141. The van der Waals surface area contributed by atoms with Crippen molar-refractivity contribution in [1.29, 1.82) is 0 Å². The number of nitrogens with one attached hydrogen (secondary N) is 1. The first-order chi connectivity index (χ1) is 17.8. The molecular weight excluding hydrogens is 490 g/mol. The van der Waals surface area contributed by atoms with Crippen LogP contribution in [0.4, 0.5) is 0 Å². The van der Waals surface area contributed by atoms with Gasteiger partial charge in [0.1, 0.15) is 6.04 Å². The molecule has 3 rings (SSSR count). The number of carbonyl (C=O) groups is 2. The third-order valence-corrected chi connectivity index (χ3v) is 6.98. The summed E-state index contributed by atoms with van der Waals surface area (Å²) in [5.74, 6) is -0.859. The van der Waals surface area contributed by atoms with E-state index in [1.54, 1.807) is 43.5 Å². The number of methoxy groups -OCH3 is 1. The molecule has 9 heteroatoms. The van der Waals surface area contributed by atoms with Crippen LogP contribution in [0.15, 0.2) is 91.0 Å². The Bertz CT molecular complexity index is 1240. The minimum atomic E-state index is -3.72. The van der Waals surface area contributed by atoms with Crippen LogP contribution in [0.25, 0.3) is 0 Å². The Labute approximate surface area is 218 Å². The van der Waals surface area contributed by atoms with Gasteiger partial charge in [-0.05, 0) is 16.7 Å². The van der Waals surface area contributed by atoms with Gasteiger partial charge in [-0.15, -0.1) is 0 Å². The third kappa shape index (κ3) is 8.52. The van der Waals surface area contributed by atoms with Gasteiger partial charge in [0.25, 0.3) is 0 Å². The zero-order chi connectivity index (χ0) is 26.7. The highest BCUT2D eigenvalue weighted by Crippen LogP contribution is 2.25. The van der Waals surface area contributed by atoms with E-state index in [1.807, 2.05) is 54.6 Å². The molecule has 0 radical (unpaired) electrons. The quantitative estimate of drug-likeness (QED) is 0.348. The minimum Gasteiger partial charge on any atom is -0.383 e. The zero-order valence-electron chi connectivity index (χ0n) is 21.1. The fourth-order valence-corrected chi connectivity index (χ4v) is 4.63. The number of nitrogens with zero attached hydrogens (tertiary/aromatic N) is 2. The van der Waals surface area contributed by atoms with Crippen LogP contribution in [0.2, 0.25) is 0 Å². The molecule has 0 bridgehead atoms. The van der Waals surface area contributed by atoms with E-state index in [2.05, 4.69) is 5.32 Å². The molecule has 0 heterocycles. The van der Waals surface area contributed by atoms with E-state index < -0.39 is 28.5 Å². The number of carbonyl (C=O) groups excluding carboxylic acids is 2. The smallest absolute Gasteiger partial charge is 0.247 e. The van der Waals surface area contributed by atoms with Crippen molar-refractivity contribution in [3.8, 4) is 0 Å². The number of benzene rings is 3. The van der Waals surface area contributed by atoms with Gasteiger partial charge in [0.15, 0.2) is 0 Å². The summed E-state index contributed by atoms with van der Waals surface area (Å²) in [6, 6.07) is 26.4. The van der Waals surface area contributed by atoms with Gasteiger partial charge in [-0.25, -0.2) is 8.42 Å². The van der Waals surface area contributed by atoms with Gasteiger partial charge in [-0.3, -0.25) is 9.59 Å². The molecule has 0 aromatic heterocycles. The van der Waals surface area contributed by atoms with Gasteiger partial charge in [0, 0.05) is 26.7 Å². The van der Waals surface area contributed by atoms with Crippen LogP contribution in [-0.2, 0) is 37.4 Å². The first kappa shape index (κ1) is 28.0. The Morgan fingerprint density at radius 3 is 1.86 bits per heavy atom. The second-order valence-corrected chi connectivity index (χ2v) is 10.6. The van der Waals surface area contributed by atoms with Gasteiger partial charge in [0.2, 0.25) is 21.8 Å². The van der Waals surface area contributed by atoms with E-state index >= 15 is 0 Å². The molecule has 0 aliphatic carbocycles. The number of hydrogen-bond acceptors (Lipinski definition) is 5. The Morgan fingerprint density at radius 2 is 1.35 bits per heavy atom. The summed E-state index contributed by atoms with van der Waals surface area (Å²) >= 11 is 0. The molecule has 1 N–H and O–H groups in total. The molecule has 2 amide bonds. The SMILES string of the molecule is COCCNC(=O)[C@@H](c1ccccc1)N(Cc1ccccc1)C(=O)CN(Cc1ccccc1)S(C)(=O)=O. The van der Waals surface area contributed by atoms with Crippen molar-refractivity contribution in [2.24, 2.45) is 0 Å². The van der Waals surface area contributed by atoms with Crippen LogP contribution in [0, 0.1) is 0 Å². The first-order valence-corrected chi connectivity index (χ1v) is 13.8. The normalized spacial score (nSPS) is 12.2. The highest BCUT2D eigenvalue weighted by atomic mass is 32.2. The fourth-order valence-electron chi connectivity index (χ4n) is 3.90. The van der Waals surface area contributed by atoms with Gasteiger partial charge >= 0.3 is 0 Å². The molecule has 0 fully saturated rings. The van der Waals surface area contributed by atoms with Crippen LogP contribution in [-0.4, -0.2) is 62.5 Å². The standard InChI is InChI=1S/C28H33N3O5S/c1-36-19-18-29-28(33)27(25-16-10-5-11-17-25)31(21-24-14-8-4-9-15-24)26(32)22-30(37(2,34)35)20-23-12-6-3-7-13-23/h3-17,27H,18-22H2,1-2H3,(H,29,33)/t27-/m1/s1. The molecule has 0 unspecified atom stereocenters. The zero-order valence-corrected chi connectivity index (χ0v) is 21.9. The Hall–Kier alpha value is -3.53. The van der Waals surface area contributed by atoms with Crippen LogP contribution in [0.1, 0.15) is 22.7 Å². The highest BCUT2D eigenvalue weighted by Gasteiger charge is 2.33. The van der Waals surface area contributed by atoms with Crippen LogP contribution in [0.3, 0.4) is 0 Å². The first-order valence-electron chi connectivity index (χ1n) is 11.9. The number of sulfonamides is 1. The van der Waals surface area contributed by atoms with Crippen LogP contribution < -0.4 is 5.32 Å². The summed E-state index contributed by atoms with van der Waals surface area (Å²) in [5, 5.41) is 2.84. The summed E-state index contributed by atoms with van der Waals surface area (Å²) in [6.45, 7) is 0.351. The largest absolute Gasteiger partial charge is 0.383 e. The molecule has 3 aromatic rings. The maximum atomic E-state index is 13.9. The summed E-state index contributed by atoms with van der Waals surface area (Å²) < 4.78 is 31.5. The third-order valence-electron chi connectivity index (χ3n) is 5.78. The lowest BCUT2D eigenvalue weighted by Crippen LogP contribution is -2.48. The Balaban J connectivity index is 1.98. The molecule has 0 saturated heterocycles. The minimum absolute atomic E-state index is 0.0423. The van der Waals surface area contributed by atoms with Gasteiger partial charge in [-0.2, -0.15) is 4.31 Å². The summed E-state index contributed by atoms with van der Waals surface area (Å²) in [7, 11) is -2.18. The second-order valence-electron chi connectivity index (χ2n) is 8.62. The van der Waals surface area contributed by atoms with E-state index in [0.717, 1.165) is 21.7 Å². The van der Waals surface area contributed by atoms with Gasteiger partial charge in [0.05, 0.1) is 19.4 Å². The molecule has 0 spiro atoms. The molecule has 0 aliphatic rings. The molecule has 0 aliphatic heterocycles. The highest BCUT2D eigenvalue weighted by molar-refractivity contribution is 7.88. The number of ether oxygens (including phenoxy) is 1. The van der Waals surface area contributed by atoms with Crippen molar-refractivity contribution >= 4 is 21.8 Å². The van der Waals surface area contributed by atoms with Gasteiger partial charge in [-0.1, -0.05) is 91.0 Å². The molecule has 8 nitrogen and oxygen atoms in total. The average molecular weight is 524 g/mol. The van der Waals surface area contributed by atoms with Crippen LogP contribution >= 0.6 is 0 Å². The summed E-state index contributed by atoms with van der Waals surface area (Å²) in [4.78, 5) is 28.7. The molecule has 3 aromatic carbocycles. The molecule has 0 saturated carbocycles. The summed E-state index contributed by atoms with van der Waals surface area (Å²) in [6.07, 6.45) is 1.08. The monoisotopic (exact) mass is 523 g/mol.